The first-order chi connectivity index (χ1) is 12.5. The van der Waals surface area contributed by atoms with E-state index >= 15 is 0 Å². The van der Waals surface area contributed by atoms with Gasteiger partial charge >= 0.3 is 0 Å². The van der Waals surface area contributed by atoms with Gasteiger partial charge in [0.05, 0.1) is 0 Å². The van der Waals surface area contributed by atoms with E-state index in [9.17, 15) is 0 Å². The van der Waals surface area contributed by atoms with Crippen LogP contribution in [0.2, 0.25) is 0 Å². The van der Waals surface area contributed by atoms with Crippen molar-refractivity contribution in [3.8, 4) is 19.5 Å². The van der Waals surface area contributed by atoms with Crippen molar-refractivity contribution in [2.24, 2.45) is 0 Å². The van der Waals surface area contributed by atoms with Crippen LogP contribution in [0.1, 0.15) is 20.9 Å². The summed E-state index contributed by atoms with van der Waals surface area (Å²) in [4.78, 5) is 8.44. The van der Waals surface area contributed by atoms with Crippen molar-refractivity contribution in [3.63, 3.8) is 0 Å². The van der Waals surface area contributed by atoms with Crippen molar-refractivity contribution in [1.29, 1.82) is 0 Å². The molecule has 130 valence electrons. The molecule has 4 heterocycles. The third-order valence-electron chi connectivity index (χ3n) is 4.68. The van der Waals surface area contributed by atoms with Crippen molar-refractivity contribution in [2.75, 3.05) is 0 Å². The monoisotopic (exact) mass is 410 g/mol. The van der Waals surface area contributed by atoms with Gasteiger partial charge < -0.3 is 0 Å². The lowest BCUT2D eigenvalue weighted by molar-refractivity contribution is 1.51. The molecule has 0 N–H and O–H groups in total. The highest BCUT2D eigenvalue weighted by Gasteiger charge is 2.13. The van der Waals surface area contributed by atoms with E-state index < -0.39 is 0 Å². The standard InChI is InChI=1S/C22H18S4/c1-11-5-13(3)23-21(11)19-9-15-7-18-16(8-17(15)25-19)10-20(26-18)22-12(2)6-14(4)24-22/h5-10H,1-4H3. The Kier molecular flexibility index (Phi) is 3.87. The van der Waals surface area contributed by atoms with Gasteiger partial charge in [-0.3, -0.25) is 0 Å². The van der Waals surface area contributed by atoms with Crippen LogP contribution in [0.25, 0.3) is 39.7 Å². The van der Waals surface area contributed by atoms with Crippen molar-refractivity contribution in [1.82, 2.24) is 0 Å². The second-order valence-electron chi connectivity index (χ2n) is 6.89. The Balaban J connectivity index is 1.65. The Morgan fingerprint density at radius 2 is 0.923 bits per heavy atom. The minimum absolute atomic E-state index is 1.37. The minimum atomic E-state index is 1.37. The summed E-state index contributed by atoms with van der Waals surface area (Å²) in [7, 11) is 0. The topological polar surface area (TPSA) is 0 Å². The van der Waals surface area contributed by atoms with Gasteiger partial charge in [-0.1, -0.05) is 0 Å². The van der Waals surface area contributed by atoms with E-state index in [1.165, 1.54) is 60.6 Å². The van der Waals surface area contributed by atoms with Crippen molar-refractivity contribution < 1.29 is 0 Å². The summed E-state index contributed by atoms with van der Waals surface area (Å²) in [5, 5.41) is 2.74. The Morgan fingerprint density at radius 1 is 0.500 bits per heavy atom. The van der Waals surface area contributed by atoms with Crippen LogP contribution < -0.4 is 0 Å². The molecule has 4 heteroatoms. The number of rotatable bonds is 2. The maximum Gasteiger partial charge on any atom is 0.0474 e. The molecule has 4 aromatic heterocycles. The van der Waals surface area contributed by atoms with E-state index in [0.29, 0.717) is 0 Å². The summed E-state index contributed by atoms with van der Waals surface area (Å²) in [5.74, 6) is 0. The lowest BCUT2D eigenvalue weighted by Crippen LogP contribution is -1.66. The molecule has 0 aliphatic rings. The average Bonchev–Trinajstić information content (AvgIpc) is 3.30. The number of thiophene rings is 4. The SMILES string of the molecule is Cc1cc(C)c(-c2cc3cc4sc(-c5sc(C)cc5C)cc4cc3s2)s1. The highest BCUT2D eigenvalue weighted by Crippen LogP contribution is 2.44. The van der Waals surface area contributed by atoms with Gasteiger partial charge in [-0.05, 0) is 86.0 Å². The molecule has 0 unspecified atom stereocenters. The molecule has 0 bridgehead atoms. The smallest absolute Gasteiger partial charge is 0.0474 e. The molecule has 0 saturated carbocycles. The van der Waals surface area contributed by atoms with Gasteiger partial charge in [0.15, 0.2) is 0 Å². The number of hydrogen-bond donors (Lipinski definition) is 0. The molecule has 0 fully saturated rings. The predicted octanol–water partition coefficient (Wildman–Crippen LogP) is 8.81. The van der Waals surface area contributed by atoms with E-state index in [1.807, 2.05) is 45.3 Å². The van der Waals surface area contributed by atoms with Crippen LogP contribution in [0.15, 0.2) is 36.4 Å². The summed E-state index contributed by atoms with van der Waals surface area (Å²) in [5.41, 5.74) is 2.79. The van der Waals surface area contributed by atoms with E-state index in [-0.39, 0.29) is 0 Å². The van der Waals surface area contributed by atoms with Gasteiger partial charge in [0.1, 0.15) is 0 Å². The van der Waals surface area contributed by atoms with Crippen LogP contribution in [0.5, 0.6) is 0 Å². The van der Waals surface area contributed by atoms with E-state index in [4.69, 9.17) is 0 Å². The predicted molar refractivity (Wildman–Crippen MR) is 123 cm³/mol. The highest BCUT2D eigenvalue weighted by atomic mass is 32.1. The molecular formula is C22H18S4. The number of hydrogen-bond acceptors (Lipinski definition) is 4. The van der Waals surface area contributed by atoms with Gasteiger partial charge in [0.2, 0.25) is 0 Å². The molecule has 0 aliphatic heterocycles. The molecule has 0 saturated heterocycles. The number of benzene rings is 1. The molecule has 0 amide bonds. The quantitative estimate of drug-likeness (QED) is 0.273. The van der Waals surface area contributed by atoms with Gasteiger partial charge in [-0.15, -0.1) is 45.3 Å². The molecule has 0 radical (unpaired) electrons. The average molecular weight is 411 g/mol. The largest absolute Gasteiger partial charge is 0.139 e. The Bertz CT molecular complexity index is 1130. The maximum absolute atomic E-state index is 2.38. The van der Waals surface area contributed by atoms with E-state index in [1.54, 1.807) is 0 Å². The van der Waals surface area contributed by atoms with Crippen LogP contribution in [-0.2, 0) is 0 Å². The Hall–Kier alpha value is -1.46. The van der Waals surface area contributed by atoms with Gasteiger partial charge in [0, 0.05) is 38.7 Å². The zero-order valence-corrected chi connectivity index (χ0v) is 18.4. The molecule has 5 aromatic rings. The second-order valence-corrected chi connectivity index (χ2v) is 11.6. The van der Waals surface area contributed by atoms with E-state index in [2.05, 4.69) is 64.1 Å². The summed E-state index contributed by atoms with van der Waals surface area (Å²) < 4.78 is 2.78. The number of aryl methyl sites for hydroxylation is 4. The van der Waals surface area contributed by atoms with Gasteiger partial charge in [-0.2, -0.15) is 0 Å². The zero-order chi connectivity index (χ0) is 18.0. The number of fused-ring (bicyclic) bond motifs is 2. The van der Waals surface area contributed by atoms with Gasteiger partial charge in [0.25, 0.3) is 0 Å². The molecule has 0 aliphatic carbocycles. The molecule has 1 aromatic carbocycles. The molecular weight excluding hydrogens is 393 g/mol. The highest BCUT2D eigenvalue weighted by molar-refractivity contribution is 7.27. The lowest BCUT2D eigenvalue weighted by Gasteiger charge is -1.92. The second kappa shape index (κ2) is 6.03. The molecule has 5 rings (SSSR count). The summed E-state index contributed by atoms with van der Waals surface area (Å²) in [6.07, 6.45) is 0. The van der Waals surface area contributed by atoms with Crippen molar-refractivity contribution >= 4 is 65.5 Å². The van der Waals surface area contributed by atoms with E-state index in [0.717, 1.165) is 0 Å². The maximum atomic E-state index is 2.38. The fourth-order valence-electron chi connectivity index (χ4n) is 3.57. The van der Waals surface area contributed by atoms with Crippen LogP contribution in [0.4, 0.5) is 0 Å². The fourth-order valence-corrected chi connectivity index (χ4v) is 8.14. The lowest BCUT2D eigenvalue weighted by atomic mass is 10.1. The van der Waals surface area contributed by atoms with Crippen LogP contribution >= 0.6 is 45.3 Å². The third kappa shape index (κ3) is 2.67. The van der Waals surface area contributed by atoms with Crippen molar-refractivity contribution in [2.45, 2.75) is 27.7 Å². The van der Waals surface area contributed by atoms with Crippen LogP contribution in [0, 0.1) is 27.7 Å². The first-order valence-corrected chi connectivity index (χ1v) is 11.9. The first-order valence-electron chi connectivity index (χ1n) is 8.60. The van der Waals surface area contributed by atoms with Crippen molar-refractivity contribution in [3.05, 3.63) is 57.3 Å². The summed E-state index contributed by atoms with van der Waals surface area (Å²) in [6, 6.07) is 14.1. The van der Waals surface area contributed by atoms with Gasteiger partial charge in [-0.25, -0.2) is 0 Å². The normalized spacial score (nSPS) is 11.8. The van der Waals surface area contributed by atoms with Crippen LogP contribution in [-0.4, -0.2) is 0 Å². The molecule has 0 atom stereocenters. The first kappa shape index (κ1) is 16.7. The Labute approximate surface area is 169 Å². The third-order valence-corrected chi connectivity index (χ3v) is 9.55. The Morgan fingerprint density at radius 3 is 1.27 bits per heavy atom. The summed E-state index contributed by atoms with van der Waals surface area (Å²) in [6.45, 7) is 8.83. The fraction of sp³-hybridized carbons (Fsp3) is 0.182. The molecule has 0 nitrogen and oxygen atoms in total. The molecule has 0 spiro atoms. The minimum Gasteiger partial charge on any atom is -0.139 e. The van der Waals surface area contributed by atoms with Crippen LogP contribution in [0.3, 0.4) is 0 Å². The summed E-state index contributed by atoms with van der Waals surface area (Å²) >= 11 is 7.66. The zero-order valence-electron chi connectivity index (χ0n) is 15.1. The molecule has 26 heavy (non-hydrogen) atoms.